The number of alkyl carbamates (subject to hydrolysis) is 1. The van der Waals surface area contributed by atoms with E-state index in [4.69, 9.17) is 4.74 Å². The second-order valence-electron chi connectivity index (χ2n) is 7.65. The van der Waals surface area contributed by atoms with Crippen molar-refractivity contribution < 1.29 is 9.53 Å². The molecule has 0 radical (unpaired) electrons. The summed E-state index contributed by atoms with van der Waals surface area (Å²) < 4.78 is 6.67. The van der Waals surface area contributed by atoms with Gasteiger partial charge in [-0.1, -0.05) is 18.2 Å². The number of carbonyl (C=O) groups is 1. The highest BCUT2D eigenvalue weighted by Crippen LogP contribution is 2.22. The summed E-state index contributed by atoms with van der Waals surface area (Å²) in [6, 6.07) is 6.54. The summed E-state index contributed by atoms with van der Waals surface area (Å²) in [4.78, 5) is 14.2. The van der Waals surface area contributed by atoms with Gasteiger partial charge >= 0.3 is 6.09 Å². The largest absolute Gasteiger partial charge is 0.444 e. The molecule has 0 saturated carbocycles. The summed E-state index contributed by atoms with van der Waals surface area (Å²) in [5.41, 5.74) is 2.34. The molecule has 0 atom stereocenters. The highest BCUT2D eigenvalue weighted by Gasteiger charge is 2.22. The highest BCUT2D eigenvalue weighted by atomic mass is 127. The minimum atomic E-state index is -0.432. The monoisotopic (exact) mass is 444 g/mol. The second-order valence-corrected chi connectivity index (χ2v) is 8.73. The number of aryl methyl sites for hydroxylation is 1. The first-order chi connectivity index (χ1) is 11.2. The number of likely N-dealkylation sites (tertiary alicyclic amines) is 1. The van der Waals surface area contributed by atoms with Crippen LogP contribution in [0, 0.1) is 16.4 Å². The summed E-state index contributed by atoms with van der Waals surface area (Å²) in [5.74, 6) is 0.547. The van der Waals surface area contributed by atoms with Crippen molar-refractivity contribution in [2.24, 2.45) is 5.92 Å². The van der Waals surface area contributed by atoms with E-state index in [1.807, 2.05) is 20.8 Å². The van der Waals surface area contributed by atoms with Gasteiger partial charge in [-0.25, -0.2) is 4.79 Å². The van der Waals surface area contributed by atoms with Crippen molar-refractivity contribution >= 4 is 28.7 Å². The molecule has 2 rings (SSSR count). The predicted molar refractivity (Wildman–Crippen MR) is 106 cm³/mol. The van der Waals surface area contributed by atoms with E-state index in [1.54, 1.807) is 0 Å². The smallest absolute Gasteiger partial charge is 0.407 e. The topological polar surface area (TPSA) is 41.6 Å². The third kappa shape index (κ3) is 6.24. The Kier molecular flexibility index (Phi) is 6.92. The van der Waals surface area contributed by atoms with Gasteiger partial charge in [-0.15, -0.1) is 0 Å². The average Bonchev–Trinajstić information content (AvgIpc) is 2.49. The van der Waals surface area contributed by atoms with E-state index in [9.17, 15) is 4.79 Å². The van der Waals surface area contributed by atoms with Crippen molar-refractivity contribution in [2.45, 2.75) is 52.7 Å². The first-order valence-electron chi connectivity index (χ1n) is 8.68. The number of ether oxygens (including phenoxy) is 1. The molecule has 1 aromatic carbocycles. The van der Waals surface area contributed by atoms with E-state index in [0.717, 1.165) is 32.5 Å². The molecule has 1 saturated heterocycles. The van der Waals surface area contributed by atoms with Crippen LogP contribution in [-0.2, 0) is 11.3 Å². The average molecular weight is 444 g/mol. The number of nitrogens with one attached hydrogen (secondary N) is 1. The summed E-state index contributed by atoms with van der Waals surface area (Å²) in [6.07, 6.45) is 1.94. The predicted octanol–water partition coefficient (Wildman–Crippen LogP) is 4.34. The lowest BCUT2D eigenvalue weighted by atomic mass is 9.96. The van der Waals surface area contributed by atoms with E-state index in [2.05, 4.69) is 57.9 Å². The van der Waals surface area contributed by atoms with Gasteiger partial charge in [0.05, 0.1) is 0 Å². The van der Waals surface area contributed by atoms with Crippen LogP contribution in [0.3, 0.4) is 0 Å². The van der Waals surface area contributed by atoms with Gasteiger partial charge in [0.1, 0.15) is 5.60 Å². The first-order valence-corrected chi connectivity index (χ1v) is 9.75. The molecule has 1 heterocycles. The molecule has 0 unspecified atom stereocenters. The van der Waals surface area contributed by atoms with Gasteiger partial charge in [0.2, 0.25) is 0 Å². The van der Waals surface area contributed by atoms with E-state index >= 15 is 0 Å². The molecule has 0 aliphatic carbocycles. The molecular weight excluding hydrogens is 415 g/mol. The summed E-state index contributed by atoms with van der Waals surface area (Å²) in [7, 11) is 0. The van der Waals surface area contributed by atoms with Crippen LogP contribution in [0.25, 0.3) is 0 Å². The van der Waals surface area contributed by atoms with Gasteiger partial charge < -0.3 is 10.1 Å². The molecule has 134 valence electrons. The first kappa shape index (κ1) is 19.5. The van der Waals surface area contributed by atoms with E-state index in [-0.39, 0.29) is 6.09 Å². The van der Waals surface area contributed by atoms with Gasteiger partial charge in [-0.3, -0.25) is 4.90 Å². The van der Waals surface area contributed by atoms with Crippen LogP contribution in [-0.4, -0.2) is 36.2 Å². The molecular formula is C19H29IN2O2. The summed E-state index contributed by atoms with van der Waals surface area (Å²) in [5, 5.41) is 2.91. The molecule has 0 aromatic heterocycles. The van der Waals surface area contributed by atoms with Gasteiger partial charge in [0, 0.05) is 16.7 Å². The van der Waals surface area contributed by atoms with Crippen LogP contribution in [0.4, 0.5) is 4.79 Å². The number of amides is 1. The Morgan fingerprint density at radius 3 is 2.62 bits per heavy atom. The minimum absolute atomic E-state index is 0.306. The van der Waals surface area contributed by atoms with E-state index in [0.29, 0.717) is 12.5 Å². The van der Waals surface area contributed by atoms with Crippen LogP contribution in [0.15, 0.2) is 18.2 Å². The third-order valence-electron chi connectivity index (χ3n) is 4.31. The Hall–Kier alpha value is -0.820. The molecule has 1 aliphatic heterocycles. The zero-order valence-corrected chi connectivity index (χ0v) is 17.4. The number of nitrogens with zero attached hydrogens (tertiary/aromatic N) is 1. The van der Waals surface area contributed by atoms with E-state index in [1.165, 1.54) is 14.7 Å². The molecule has 1 aliphatic rings. The maximum atomic E-state index is 11.7. The number of rotatable bonds is 4. The fraction of sp³-hybridized carbons (Fsp3) is 0.632. The summed E-state index contributed by atoms with van der Waals surface area (Å²) >= 11 is 2.45. The van der Waals surface area contributed by atoms with Crippen LogP contribution >= 0.6 is 22.6 Å². The number of hydrogen-bond acceptors (Lipinski definition) is 3. The van der Waals surface area contributed by atoms with Crippen LogP contribution in [0.5, 0.6) is 0 Å². The summed E-state index contributed by atoms with van der Waals surface area (Å²) in [6.45, 7) is 11.7. The maximum absolute atomic E-state index is 11.7. The number of halogens is 1. The van der Waals surface area contributed by atoms with Gasteiger partial charge in [-0.05, 0) is 93.3 Å². The zero-order valence-electron chi connectivity index (χ0n) is 15.2. The molecule has 24 heavy (non-hydrogen) atoms. The van der Waals surface area contributed by atoms with Crippen molar-refractivity contribution in [1.29, 1.82) is 0 Å². The number of benzene rings is 1. The second kappa shape index (κ2) is 8.52. The fourth-order valence-electron chi connectivity index (χ4n) is 2.96. The zero-order chi connectivity index (χ0) is 17.7. The lowest BCUT2D eigenvalue weighted by Gasteiger charge is -2.32. The SMILES string of the molecule is Cc1cccc(CN2CCC(CNC(=O)OC(C)(C)C)CC2)c1I. The van der Waals surface area contributed by atoms with Crippen molar-refractivity contribution in [2.75, 3.05) is 19.6 Å². The Labute approximate surface area is 159 Å². The van der Waals surface area contributed by atoms with Crippen molar-refractivity contribution in [3.8, 4) is 0 Å². The minimum Gasteiger partial charge on any atom is -0.444 e. The molecule has 0 spiro atoms. The number of hydrogen-bond donors (Lipinski definition) is 1. The number of carbonyl (C=O) groups excluding carboxylic acids is 1. The molecule has 4 nitrogen and oxygen atoms in total. The Morgan fingerprint density at radius 1 is 1.33 bits per heavy atom. The molecule has 1 amide bonds. The van der Waals surface area contributed by atoms with Gasteiger partial charge in [-0.2, -0.15) is 0 Å². The lowest BCUT2D eigenvalue weighted by molar-refractivity contribution is 0.0509. The van der Waals surface area contributed by atoms with Crippen molar-refractivity contribution in [1.82, 2.24) is 10.2 Å². The molecule has 1 fully saturated rings. The number of piperidine rings is 1. The van der Waals surface area contributed by atoms with E-state index < -0.39 is 5.60 Å². The quantitative estimate of drug-likeness (QED) is 0.703. The Bertz CT molecular complexity index is 561. The van der Waals surface area contributed by atoms with Crippen LogP contribution < -0.4 is 5.32 Å². The molecule has 5 heteroatoms. The Morgan fingerprint density at radius 2 is 2.00 bits per heavy atom. The normalized spacial score (nSPS) is 16.9. The third-order valence-corrected chi connectivity index (χ3v) is 5.85. The van der Waals surface area contributed by atoms with Crippen molar-refractivity contribution in [3.63, 3.8) is 0 Å². The van der Waals surface area contributed by atoms with Gasteiger partial charge in [0.15, 0.2) is 0 Å². The fourth-order valence-corrected chi connectivity index (χ4v) is 3.49. The van der Waals surface area contributed by atoms with Gasteiger partial charge in [0.25, 0.3) is 0 Å². The van der Waals surface area contributed by atoms with Crippen molar-refractivity contribution in [3.05, 3.63) is 32.9 Å². The standard InChI is InChI=1S/C19H29IN2O2/c1-14-6-5-7-16(17(14)20)13-22-10-8-15(9-11-22)12-21-18(23)24-19(2,3)4/h5-7,15H,8-13H2,1-4H3,(H,21,23). The van der Waals surface area contributed by atoms with Crippen LogP contribution in [0.1, 0.15) is 44.7 Å². The molecule has 1 N–H and O–H groups in total. The Balaban J connectivity index is 1.73. The molecule has 1 aromatic rings. The molecule has 0 bridgehead atoms. The van der Waals surface area contributed by atoms with Crippen LogP contribution in [0.2, 0.25) is 0 Å². The highest BCUT2D eigenvalue weighted by molar-refractivity contribution is 14.1. The maximum Gasteiger partial charge on any atom is 0.407 e. The lowest BCUT2D eigenvalue weighted by Crippen LogP contribution is -2.40.